The van der Waals surface area contributed by atoms with Crippen LogP contribution in [0.2, 0.25) is 0 Å². The summed E-state index contributed by atoms with van der Waals surface area (Å²) in [5.41, 5.74) is 0.847. The smallest absolute Gasteiger partial charge is 0.311 e. The monoisotopic (exact) mass is 236 g/mol. The zero-order valence-electron chi connectivity index (χ0n) is 10.6. The molecule has 3 heteroatoms. The molecule has 0 aliphatic rings. The third-order valence-corrected chi connectivity index (χ3v) is 3.05. The van der Waals surface area contributed by atoms with Crippen molar-refractivity contribution < 1.29 is 14.6 Å². The summed E-state index contributed by atoms with van der Waals surface area (Å²) in [6.07, 6.45) is 1.92. The van der Waals surface area contributed by atoms with E-state index in [1.807, 2.05) is 31.2 Å². The van der Waals surface area contributed by atoms with Gasteiger partial charge in [-0.3, -0.25) is 4.79 Å². The number of carbonyl (C=O) groups is 1. The van der Waals surface area contributed by atoms with Gasteiger partial charge in [0, 0.05) is 0 Å². The quantitative estimate of drug-likeness (QED) is 0.824. The first-order valence-electron chi connectivity index (χ1n) is 5.96. The van der Waals surface area contributed by atoms with Crippen molar-refractivity contribution in [3.05, 3.63) is 29.8 Å². The third-order valence-electron chi connectivity index (χ3n) is 3.05. The lowest BCUT2D eigenvalue weighted by Gasteiger charge is -2.20. The zero-order chi connectivity index (χ0) is 12.8. The second kappa shape index (κ2) is 6.28. The van der Waals surface area contributed by atoms with Crippen LogP contribution in [0.25, 0.3) is 0 Å². The van der Waals surface area contributed by atoms with Crippen molar-refractivity contribution in [1.29, 1.82) is 0 Å². The summed E-state index contributed by atoms with van der Waals surface area (Å²) in [4.78, 5) is 11.3. The number of methoxy groups -OCH3 is 1. The first-order chi connectivity index (χ1) is 8.10. The molecule has 0 amide bonds. The first-order valence-corrected chi connectivity index (χ1v) is 5.96. The molecule has 0 saturated carbocycles. The second-order valence-electron chi connectivity index (χ2n) is 4.36. The summed E-state index contributed by atoms with van der Waals surface area (Å²) in [5, 5.41) is 9.32. The highest BCUT2D eigenvalue weighted by molar-refractivity contribution is 5.76. The number of ether oxygens (including phenoxy) is 1. The summed E-state index contributed by atoms with van der Waals surface area (Å²) >= 11 is 0. The number of carboxylic acids is 1. The van der Waals surface area contributed by atoms with Gasteiger partial charge in [0.05, 0.1) is 13.0 Å². The molecule has 17 heavy (non-hydrogen) atoms. The van der Waals surface area contributed by atoms with E-state index >= 15 is 0 Å². The van der Waals surface area contributed by atoms with Crippen LogP contribution in [0.3, 0.4) is 0 Å². The van der Waals surface area contributed by atoms with Gasteiger partial charge in [0.25, 0.3) is 0 Å². The topological polar surface area (TPSA) is 46.5 Å². The maximum absolute atomic E-state index is 11.3. The van der Waals surface area contributed by atoms with Crippen molar-refractivity contribution in [1.82, 2.24) is 0 Å². The summed E-state index contributed by atoms with van der Waals surface area (Å²) in [5.74, 6) is -0.288. The fourth-order valence-electron chi connectivity index (χ4n) is 2.15. The van der Waals surface area contributed by atoms with Gasteiger partial charge in [0.2, 0.25) is 0 Å². The molecule has 0 heterocycles. The van der Waals surface area contributed by atoms with Crippen molar-refractivity contribution in [3.8, 4) is 5.75 Å². The highest BCUT2D eigenvalue weighted by Gasteiger charge is 2.25. The van der Waals surface area contributed by atoms with Crippen LogP contribution >= 0.6 is 0 Å². The molecule has 94 valence electrons. The molecule has 0 fully saturated rings. The van der Waals surface area contributed by atoms with Crippen LogP contribution in [-0.2, 0) is 4.79 Å². The Labute approximate surface area is 102 Å². The van der Waals surface area contributed by atoms with Crippen LogP contribution in [0.1, 0.15) is 38.2 Å². The van der Waals surface area contributed by atoms with Gasteiger partial charge < -0.3 is 9.84 Å². The van der Waals surface area contributed by atoms with Crippen LogP contribution in [0.5, 0.6) is 5.75 Å². The van der Waals surface area contributed by atoms with Crippen molar-refractivity contribution in [2.45, 2.75) is 32.6 Å². The lowest BCUT2D eigenvalue weighted by molar-refractivity contribution is -0.140. The summed E-state index contributed by atoms with van der Waals surface area (Å²) in [6.45, 7) is 4.07. The maximum atomic E-state index is 11.3. The average Bonchev–Trinajstić information content (AvgIpc) is 2.30. The lowest BCUT2D eigenvalue weighted by atomic mass is 9.84. The van der Waals surface area contributed by atoms with E-state index in [0.717, 1.165) is 24.2 Å². The number of carboxylic acid groups (broad SMARTS) is 1. The van der Waals surface area contributed by atoms with E-state index in [1.54, 1.807) is 7.11 Å². The normalized spacial score (nSPS) is 14.1. The Balaban J connectivity index is 2.93. The summed E-state index contributed by atoms with van der Waals surface area (Å²) in [7, 11) is 1.60. The Morgan fingerprint density at radius 1 is 1.35 bits per heavy atom. The standard InChI is InChI=1S/C14H20O3/c1-4-5-10(2)13(14(15)16)11-6-8-12(17-3)9-7-11/h6-10,13H,4-5H2,1-3H3,(H,15,16). The predicted molar refractivity (Wildman–Crippen MR) is 67.4 cm³/mol. The number of hydrogen-bond acceptors (Lipinski definition) is 2. The van der Waals surface area contributed by atoms with E-state index in [1.165, 1.54) is 0 Å². The second-order valence-corrected chi connectivity index (χ2v) is 4.36. The first kappa shape index (κ1) is 13.6. The van der Waals surface area contributed by atoms with Crippen LogP contribution in [0, 0.1) is 5.92 Å². The molecule has 1 aromatic carbocycles. The molecule has 0 radical (unpaired) electrons. The molecule has 2 atom stereocenters. The molecular weight excluding hydrogens is 216 g/mol. The van der Waals surface area contributed by atoms with Gasteiger partial charge >= 0.3 is 5.97 Å². The summed E-state index contributed by atoms with van der Waals surface area (Å²) in [6, 6.07) is 7.29. The van der Waals surface area contributed by atoms with Gasteiger partial charge in [-0.25, -0.2) is 0 Å². The molecule has 1 rings (SSSR count). The van der Waals surface area contributed by atoms with Gasteiger partial charge in [0.1, 0.15) is 5.75 Å². The number of hydrogen-bond donors (Lipinski definition) is 1. The SMILES string of the molecule is CCCC(C)C(C(=O)O)c1ccc(OC)cc1. The van der Waals surface area contributed by atoms with Crippen LogP contribution in [0.15, 0.2) is 24.3 Å². The van der Waals surface area contributed by atoms with E-state index in [-0.39, 0.29) is 5.92 Å². The van der Waals surface area contributed by atoms with Crippen molar-refractivity contribution in [2.75, 3.05) is 7.11 Å². The van der Waals surface area contributed by atoms with Crippen molar-refractivity contribution >= 4 is 5.97 Å². The van der Waals surface area contributed by atoms with Gasteiger partial charge in [-0.15, -0.1) is 0 Å². The highest BCUT2D eigenvalue weighted by atomic mass is 16.5. The molecule has 0 bridgehead atoms. The molecule has 0 spiro atoms. The lowest BCUT2D eigenvalue weighted by Crippen LogP contribution is -2.19. The molecule has 0 saturated heterocycles. The third kappa shape index (κ3) is 3.48. The molecule has 1 aromatic rings. The molecule has 1 N–H and O–H groups in total. The number of rotatable bonds is 6. The zero-order valence-corrected chi connectivity index (χ0v) is 10.6. The van der Waals surface area contributed by atoms with Crippen LogP contribution in [0.4, 0.5) is 0 Å². The number of benzene rings is 1. The molecular formula is C14H20O3. The van der Waals surface area contributed by atoms with Crippen molar-refractivity contribution in [3.63, 3.8) is 0 Å². The van der Waals surface area contributed by atoms with Crippen LogP contribution < -0.4 is 4.74 Å². The fourth-order valence-corrected chi connectivity index (χ4v) is 2.15. The van der Waals surface area contributed by atoms with Crippen LogP contribution in [-0.4, -0.2) is 18.2 Å². The fraction of sp³-hybridized carbons (Fsp3) is 0.500. The van der Waals surface area contributed by atoms with E-state index in [2.05, 4.69) is 6.92 Å². The van der Waals surface area contributed by atoms with E-state index in [0.29, 0.717) is 0 Å². The molecule has 0 aliphatic heterocycles. The molecule has 0 aliphatic carbocycles. The van der Waals surface area contributed by atoms with Crippen molar-refractivity contribution in [2.24, 2.45) is 5.92 Å². The minimum absolute atomic E-state index is 0.144. The largest absolute Gasteiger partial charge is 0.497 e. The Morgan fingerprint density at radius 3 is 2.35 bits per heavy atom. The van der Waals surface area contributed by atoms with Gasteiger partial charge in [-0.05, 0) is 30.0 Å². The molecule has 0 aromatic heterocycles. The van der Waals surface area contributed by atoms with E-state index < -0.39 is 11.9 Å². The Bertz CT molecular complexity index is 356. The van der Waals surface area contributed by atoms with Gasteiger partial charge in [-0.2, -0.15) is 0 Å². The Hall–Kier alpha value is -1.51. The summed E-state index contributed by atoms with van der Waals surface area (Å²) < 4.78 is 5.07. The average molecular weight is 236 g/mol. The Kier molecular flexibility index (Phi) is 5.01. The molecule has 3 nitrogen and oxygen atoms in total. The predicted octanol–water partition coefficient (Wildman–Crippen LogP) is 3.30. The molecule has 2 unspecified atom stereocenters. The number of aliphatic carboxylic acids is 1. The Morgan fingerprint density at radius 2 is 1.94 bits per heavy atom. The minimum Gasteiger partial charge on any atom is -0.497 e. The minimum atomic E-state index is -0.754. The van der Waals surface area contributed by atoms with Gasteiger partial charge in [-0.1, -0.05) is 32.4 Å². The maximum Gasteiger partial charge on any atom is 0.311 e. The van der Waals surface area contributed by atoms with E-state index in [4.69, 9.17) is 4.74 Å². The van der Waals surface area contributed by atoms with E-state index in [9.17, 15) is 9.90 Å². The highest BCUT2D eigenvalue weighted by Crippen LogP contribution is 2.29. The van der Waals surface area contributed by atoms with Gasteiger partial charge in [0.15, 0.2) is 0 Å².